The maximum Gasteiger partial charge on any atom is 0.147 e. The first-order valence-electron chi connectivity index (χ1n) is 9.96. The summed E-state index contributed by atoms with van der Waals surface area (Å²) in [6.07, 6.45) is 1.02. The Bertz CT molecular complexity index is 1090. The quantitative estimate of drug-likeness (QED) is 0.305. The van der Waals surface area contributed by atoms with Crippen LogP contribution >= 0.6 is 23.1 Å². The minimum atomic E-state index is 0.741. The van der Waals surface area contributed by atoms with Gasteiger partial charge in [-0.15, -0.1) is 0 Å². The molecule has 4 rings (SSSR count). The zero-order chi connectivity index (χ0) is 20.8. The minimum absolute atomic E-state index is 0.741. The topological polar surface area (TPSA) is 46.2 Å². The molecule has 154 valence electrons. The van der Waals surface area contributed by atoms with Crippen molar-refractivity contribution in [1.82, 2.24) is 9.69 Å². The Hall–Kier alpha value is -2.60. The average Bonchev–Trinajstić information content (AvgIpc) is 3.18. The lowest BCUT2D eigenvalue weighted by Crippen LogP contribution is -2.17. The largest absolute Gasteiger partial charge is 0.497 e. The summed E-state index contributed by atoms with van der Waals surface area (Å²) in [6, 6.07) is 22.7. The first kappa shape index (κ1) is 20.7. The third kappa shape index (κ3) is 5.11. The highest BCUT2D eigenvalue weighted by Gasteiger charge is 2.06. The van der Waals surface area contributed by atoms with Crippen molar-refractivity contribution in [1.29, 1.82) is 0 Å². The molecule has 3 aromatic carbocycles. The fourth-order valence-corrected chi connectivity index (χ4v) is 4.20. The van der Waals surface area contributed by atoms with Crippen molar-refractivity contribution >= 4 is 39.0 Å². The van der Waals surface area contributed by atoms with Crippen molar-refractivity contribution in [3.8, 4) is 16.9 Å². The van der Waals surface area contributed by atoms with Gasteiger partial charge in [0.15, 0.2) is 0 Å². The van der Waals surface area contributed by atoms with Crippen LogP contribution in [0.3, 0.4) is 0 Å². The highest BCUT2D eigenvalue weighted by molar-refractivity contribution is 7.13. The van der Waals surface area contributed by atoms with E-state index in [9.17, 15) is 0 Å². The number of benzene rings is 3. The fourth-order valence-electron chi connectivity index (χ4n) is 3.29. The summed E-state index contributed by atoms with van der Waals surface area (Å²) >= 11 is 7.60. The van der Waals surface area contributed by atoms with Crippen LogP contribution < -0.4 is 15.4 Å². The number of hydrogen-bond acceptors (Lipinski definition) is 5. The molecular weight excluding hydrogens is 414 g/mol. The Morgan fingerprint density at radius 1 is 0.933 bits per heavy atom. The molecule has 0 amide bonds. The predicted molar refractivity (Wildman–Crippen MR) is 128 cm³/mol. The van der Waals surface area contributed by atoms with Crippen LogP contribution in [0.25, 0.3) is 21.2 Å². The van der Waals surface area contributed by atoms with E-state index >= 15 is 0 Å². The van der Waals surface area contributed by atoms with Crippen molar-refractivity contribution < 1.29 is 4.74 Å². The van der Waals surface area contributed by atoms with Gasteiger partial charge in [0.25, 0.3) is 0 Å². The van der Waals surface area contributed by atoms with E-state index in [-0.39, 0.29) is 0 Å². The maximum absolute atomic E-state index is 6.10. The second kappa shape index (κ2) is 9.94. The number of rotatable bonds is 9. The highest BCUT2D eigenvalue weighted by atomic mass is 35.5. The van der Waals surface area contributed by atoms with Gasteiger partial charge < -0.3 is 15.4 Å². The number of nitrogens with zero attached hydrogens (tertiary/aromatic N) is 1. The molecule has 30 heavy (non-hydrogen) atoms. The van der Waals surface area contributed by atoms with Gasteiger partial charge in [0.05, 0.1) is 11.8 Å². The lowest BCUT2D eigenvalue weighted by molar-refractivity contribution is 0.415. The number of fused-ring (bicyclic) bond motifs is 1. The SMILES string of the molecule is COc1ccc(-c2ccc(CNCCCNc3nsc4ccc(Cl)cc34)cc2)cc1. The Kier molecular flexibility index (Phi) is 6.84. The Morgan fingerprint density at radius 2 is 1.67 bits per heavy atom. The molecule has 1 heterocycles. The van der Waals surface area contributed by atoms with Gasteiger partial charge in [-0.3, -0.25) is 0 Å². The molecule has 0 aliphatic carbocycles. The summed E-state index contributed by atoms with van der Waals surface area (Å²) in [4.78, 5) is 0. The summed E-state index contributed by atoms with van der Waals surface area (Å²) < 4.78 is 10.9. The highest BCUT2D eigenvalue weighted by Crippen LogP contribution is 2.29. The van der Waals surface area contributed by atoms with E-state index in [4.69, 9.17) is 16.3 Å². The van der Waals surface area contributed by atoms with Gasteiger partial charge in [-0.1, -0.05) is 48.0 Å². The molecular formula is C24H24ClN3OS. The maximum atomic E-state index is 6.10. The van der Waals surface area contributed by atoms with Gasteiger partial charge in [0.1, 0.15) is 11.6 Å². The van der Waals surface area contributed by atoms with Crippen molar-refractivity contribution in [2.45, 2.75) is 13.0 Å². The van der Waals surface area contributed by atoms with E-state index in [1.165, 1.54) is 28.2 Å². The van der Waals surface area contributed by atoms with E-state index in [1.807, 2.05) is 30.3 Å². The van der Waals surface area contributed by atoms with Crippen LogP contribution in [0.15, 0.2) is 66.7 Å². The molecule has 0 atom stereocenters. The van der Waals surface area contributed by atoms with Gasteiger partial charge >= 0.3 is 0 Å². The molecule has 1 aromatic heterocycles. The third-order valence-electron chi connectivity index (χ3n) is 4.96. The average molecular weight is 438 g/mol. The van der Waals surface area contributed by atoms with Crippen molar-refractivity contribution in [2.24, 2.45) is 0 Å². The van der Waals surface area contributed by atoms with Crippen LogP contribution in [0, 0.1) is 0 Å². The first-order valence-corrected chi connectivity index (χ1v) is 11.1. The second-order valence-electron chi connectivity index (χ2n) is 7.05. The van der Waals surface area contributed by atoms with Gasteiger partial charge in [0, 0.05) is 23.5 Å². The van der Waals surface area contributed by atoms with Crippen LogP contribution in [0.5, 0.6) is 5.75 Å². The summed E-state index contributed by atoms with van der Waals surface area (Å²) in [5.74, 6) is 1.80. The van der Waals surface area contributed by atoms with E-state index in [2.05, 4.69) is 51.4 Å². The van der Waals surface area contributed by atoms with Gasteiger partial charge in [-0.05, 0) is 71.5 Å². The molecule has 0 fully saturated rings. The van der Waals surface area contributed by atoms with Crippen molar-refractivity contribution in [3.05, 3.63) is 77.3 Å². The molecule has 2 N–H and O–H groups in total. The first-order chi connectivity index (χ1) is 14.7. The lowest BCUT2D eigenvalue weighted by Gasteiger charge is -2.08. The standard InChI is InChI=1S/C24H24ClN3OS/c1-29-21-10-7-19(8-11-21)18-5-3-17(4-6-18)16-26-13-2-14-27-24-22-15-20(25)9-12-23(22)30-28-24/h3-12,15,26H,2,13-14,16H2,1H3,(H,27,28). The number of ether oxygens (including phenoxy) is 1. The molecule has 0 aliphatic heterocycles. The minimum Gasteiger partial charge on any atom is -0.497 e. The Balaban J connectivity index is 1.20. The zero-order valence-corrected chi connectivity index (χ0v) is 18.4. The van der Waals surface area contributed by atoms with Crippen LogP contribution in [-0.4, -0.2) is 24.6 Å². The van der Waals surface area contributed by atoms with Crippen LogP contribution in [0.4, 0.5) is 5.82 Å². The van der Waals surface area contributed by atoms with Crippen LogP contribution in [-0.2, 0) is 6.54 Å². The van der Waals surface area contributed by atoms with Gasteiger partial charge in [-0.25, -0.2) is 0 Å². The number of anilines is 1. The smallest absolute Gasteiger partial charge is 0.147 e. The van der Waals surface area contributed by atoms with E-state index in [1.54, 1.807) is 7.11 Å². The monoisotopic (exact) mass is 437 g/mol. The molecule has 4 aromatic rings. The molecule has 0 aliphatic rings. The Labute approximate surface area is 186 Å². The van der Waals surface area contributed by atoms with Crippen LogP contribution in [0.1, 0.15) is 12.0 Å². The molecule has 4 nitrogen and oxygen atoms in total. The number of hydrogen-bond donors (Lipinski definition) is 2. The van der Waals surface area contributed by atoms with E-state index in [0.717, 1.165) is 52.7 Å². The third-order valence-corrected chi connectivity index (χ3v) is 6.02. The molecule has 0 radical (unpaired) electrons. The molecule has 0 bridgehead atoms. The summed E-state index contributed by atoms with van der Waals surface area (Å²) in [6.45, 7) is 2.67. The second-order valence-corrected chi connectivity index (χ2v) is 8.30. The van der Waals surface area contributed by atoms with E-state index < -0.39 is 0 Å². The number of halogens is 1. The molecule has 0 spiro atoms. The van der Waals surface area contributed by atoms with Gasteiger partial charge in [0.2, 0.25) is 0 Å². The van der Waals surface area contributed by atoms with Gasteiger partial charge in [-0.2, -0.15) is 4.37 Å². The number of aromatic nitrogens is 1. The lowest BCUT2D eigenvalue weighted by atomic mass is 10.0. The summed E-state index contributed by atoms with van der Waals surface area (Å²) in [5.41, 5.74) is 3.68. The van der Waals surface area contributed by atoms with E-state index in [0.29, 0.717) is 0 Å². The fraction of sp³-hybridized carbons (Fsp3) is 0.208. The summed E-state index contributed by atoms with van der Waals surface area (Å²) in [5, 5.41) is 8.76. The molecule has 0 saturated carbocycles. The number of nitrogens with one attached hydrogen (secondary N) is 2. The molecule has 0 unspecified atom stereocenters. The van der Waals surface area contributed by atoms with Crippen molar-refractivity contribution in [3.63, 3.8) is 0 Å². The Morgan fingerprint density at radius 3 is 2.40 bits per heavy atom. The summed E-state index contributed by atoms with van der Waals surface area (Å²) in [7, 11) is 1.68. The predicted octanol–water partition coefficient (Wildman–Crippen LogP) is 6.22. The number of methoxy groups -OCH3 is 1. The van der Waals surface area contributed by atoms with Crippen LogP contribution in [0.2, 0.25) is 5.02 Å². The molecule has 6 heteroatoms. The zero-order valence-electron chi connectivity index (χ0n) is 16.8. The normalized spacial score (nSPS) is 11.0. The van der Waals surface area contributed by atoms with Crippen molar-refractivity contribution in [2.75, 3.05) is 25.5 Å². The molecule has 0 saturated heterocycles.